The molecule has 0 fully saturated rings. The van der Waals surface area contributed by atoms with Crippen LogP contribution in [0.5, 0.6) is 5.75 Å². The van der Waals surface area contributed by atoms with Gasteiger partial charge in [0, 0.05) is 12.8 Å². The van der Waals surface area contributed by atoms with E-state index in [1.807, 2.05) is 0 Å². The third-order valence-electron chi connectivity index (χ3n) is 1.89. The van der Waals surface area contributed by atoms with Crippen molar-refractivity contribution in [2.24, 2.45) is 0 Å². The molecular formula is C11H16N2O4. The Morgan fingerprint density at radius 3 is 2.65 bits per heavy atom. The zero-order valence-corrected chi connectivity index (χ0v) is 9.60. The number of amides is 2. The van der Waals surface area contributed by atoms with Gasteiger partial charge in [-0.3, -0.25) is 0 Å². The third-order valence-corrected chi connectivity index (χ3v) is 1.89. The first kappa shape index (κ1) is 13.3. The van der Waals surface area contributed by atoms with Gasteiger partial charge in [0.25, 0.3) is 0 Å². The summed E-state index contributed by atoms with van der Waals surface area (Å²) < 4.78 is 9.84. The summed E-state index contributed by atoms with van der Waals surface area (Å²) in [6.45, 7) is 1.03. The number of hydrogen-bond acceptors (Lipinski definition) is 4. The van der Waals surface area contributed by atoms with Crippen molar-refractivity contribution in [3.8, 4) is 5.75 Å². The van der Waals surface area contributed by atoms with E-state index in [2.05, 4.69) is 10.6 Å². The first-order valence-electron chi connectivity index (χ1n) is 5.13. The standard InChI is InChI=1S/C11H16N2O4/c1-16-6-7-17-8-12-11(15)13-9-2-4-10(14)5-3-9/h2-5,14H,6-8H2,1H3,(H2,12,13,15). The van der Waals surface area contributed by atoms with Gasteiger partial charge in [0.2, 0.25) is 0 Å². The first-order valence-corrected chi connectivity index (χ1v) is 5.13. The van der Waals surface area contributed by atoms with Crippen LogP contribution in [0.15, 0.2) is 24.3 Å². The summed E-state index contributed by atoms with van der Waals surface area (Å²) in [5.74, 6) is 0.152. The Kier molecular flexibility index (Phi) is 5.84. The molecule has 6 heteroatoms. The third kappa shape index (κ3) is 5.74. The van der Waals surface area contributed by atoms with Crippen LogP contribution in [0.3, 0.4) is 0 Å². The highest BCUT2D eigenvalue weighted by atomic mass is 16.5. The van der Waals surface area contributed by atoms with Crippen molar-refractivity contribution in [2.75, 3.05) is 32.4 Å². The van der Waals surface area contributed by atoms with Crippen LogP contribution in [0, 0.1) is 0 Å². The zero-order chi connectivity index (χ0) is 12.5. The number of benzene rings is 1. The van der Waals surface area contributed by atoms with Crippen LogP contribution in [-0.2, 0) is 9.47 Å². The fourth-order valence-electron chi connectivity index (χ4n) is 1.05. The SMILES string of the molecule is COCCOCNC(=O)Nc1ccc(O)cc1. The lowest BCUT2D eigenvalue weighted by Gasteiger charge is -2.08. The second kappa shape index (κ2) is 7.48. The van der Waals surface area contributed by atoms with Gasteiger partial charge < -0.3 is 25.2 Å². The molecule has 1 aromatic carbocycles. The zero-order valence-electron chi connectivity index (χ0n) is 9.60. The van der Waals surface area contributed by atoms with Crippen molar-refractivity contribution in [3.63, 3.8) is 0 Å². The molecule has 0 radical (unpaired) electrons. The van der Waals surface area contributed by atoms with Crippen LogP contribution >= 0.6 is 0 Å². The van der Waals surface area contributed by atoms with Crippen molar-refractivity contribution in [3.05, 3.63) is 24.3 Å². The van der Waals surface area contributed by atoms with Gasteiger partial charge in [-0.2, -0.15) is 0 Å². The largest absolute Gasteiger partial charge is 0.508 e. The number of ether oxygens (including phenoxy) is 2. The molecule has 0 bridgehead atoms. The number of methoxy groups -OCH3 is 1. The van der Waals surface area contributed by atoms with Crippen molar-refractivity contribution >= 4 is 11.7 Å². The highest BCUT2D eigenvalue weighted by Gasteiger charge is 2.00. The van der Waals surface area contributed by atoms with Gasteiger partial charge in [-0.05, 0) is 24.3 Å². The minimum atomic E-state index is -0.367. The Labute approximate surface area is 99.5 Å². The minimum Gasteiger partial charge on any atom is -0.508 e. The van der Waals surface area contributed by atoms with Crippen molar-refractivity contribution < 1.29 is 19.4 Å². The Hall–Kier alpha value is -1.79. The highest BCUT2D eigenvalue weighted by molar-refractivity contribution is 5.89. The van der Waals surface area contributed by atoms with Crippen LogP contribution < -0.4 is 10.6 Å². The topological polar surface area (TPSA) is 79.8 Å². The summed E-state index contributed by atoms with van der Waals surface area (Å²) in [5.41, 5.74) is 0.595. The molecule has 0 aromatic heterocycles. The van der Waals surface area contributed by atoms with E-state index in [-0.39, 0.29) is 18.5 Å². The van der Waals surface area contributed by atoms with E-state index in [1.54, 1.807) is 19.2 Å². The predicted octanol–water partition coefficient (Wildman–Crippen LogP) is 1.13. The van der Waals surface area contributed by atoms with Gasteiger partial charge in [0.15, 0.2) is 0 Å². The Bertz CT molecular complexity index is 340. The maximum absolute atomic E-state index is 11.3. The number of phenolic OH excluding ortho intramolecular Hbond substituents is 1. The number of urea groups is 1. The molecule has 2 amide bonds. The maximum atomic E-state index is 11.3. The molecule has 0 saturated heterocycles. The fourth-order valence-corrected chi connectivity index (χ4v) is 1.05. The monoisotopic (exact) mass is 240 g/mol. The first-order chi connectivity index (χ1) is 8.22. The molecule has 0 aliphatic heterocycles. The number of anilines is 1. The van der Waals surface area contributed by atoms with E-state index in [4.69, 9.17) is 14.6 Å². The fraction of sp³-hybridized carbons (Fsp3) is 0.364. The average molecular weight is 240 g/mol. The average Bonchev–Trinajstić information content (AvgIpc) is 2.32. The summed E-state index contributed by atoms with van der Waals surface area (Å²) in [6, 6.07) is 5.81. The van der Waals surface area contributed by atoms with Gasteiger partial charge in [-0.1, -0.05) is 0 Å². The van der Waals surface area contributed by atoms with E-state index in [9.17, 15) is 4.79 Å². The van der Waals surface area contributed by atoms with E-state index in [0.29, 0.717) is 18.9 Å². The van der Waals surface area contributed by atoms with Crippen molar-refractivity contribution in [2.45, 2.75) is 0 Å². The predicted molar refractivity (Wildman–Crippen MR) is 63.0 cm³/mol. The van der Waals surface area contributed by atoms with E-state index in [0.717, 1.165) is 0 Å². The number of hydrogen-bond donors (Lipinski definition) is 3. The number of carbonyl (C=O) groups is 1. The normalized spacial score (nSPS) is 9.94. The number of phenols is 1. The second-order valence-electron chi connectivity index (χ2n) is 3.22. The van der Waals surface area contributed by atoms with E-state index in [1.165, 1.54) is 12.1 Å². The molecule has 1 rings (SSSR count). The molecule has 0 unspecified atom stereocenters. The van der Waals surface area contributed by atoms with Crippen LogP contribution in [0.1, 0.15) is 0 Å². The Morgan fingerprint density at radius 1 is 1.29 bits per heavy atom. The lowest BCUT2D eigenvalue weighted by atomic mass is 10.3. The van der Waals surface area contributed by atoms with Crippen LogP contribution in [0.2, 0.25) is 0 Å². The van der Waals surface area contributed by atoms with E-state index < -0.39 is 0 Å². The smallest absolute Gasteiger partial charge is 0.321 e. The molecule has 0 aliphatic rings. The quantitative estimate of drug-likeness (QED) is 0.395. The summed E-state index contributed by atoms with van der Waals surface area (Å²) >= 11 is 0. The maximum Gasteiger partial charge on any atom is 0.321 e. The second-order valence-corrected chi connectivity index (χ2v) is 3.22. The molecule has 0 spiro atoms. The molecule has 0 aliphatic carbocycles. The van der Waals surface area contributed by atoms with Crippen molar-refractivity contribution in [1.29, 1.82) is 0 Å². The number of nitrogens with one attached hydrogen (secondary N) is 2. The lowest BCUT2D eigenvalue weighted by molar-refractivity contribution is 0.0650. The molecular weight excluding hydrogens is 224 g/mol. The summed E-state index contributed by atoms with van der Waals surface area (Å²) in [6.07, 6.45) is 0. The highest BCUT2D eigenvalue weighted by Crippen LogP contribution is 2.13. The Balaban J connectivity index is 2.18. The van der Waals surface area contributed by atoms with Gasteiger partial charge in [-0.25, -0.2) is 4.79 Å². The van der Waals surface area contributed by atoms with Gasteiger partial charge in [-0.15, -0.1) is 0 Å². The van der Waals surface area contributed by atoms with Gasteiger partial charge in [0.05, 0.1) is 13.2 Å². The minimum absolute atomic E-state index is 0.118. The van der Waals surface area contributed by atoms with E-state index >= 15 is 0 Å². The van der Waals surface area contributed by atoms with Crippen LogP contribution in [-0.4, -0.2) is 38.2 Å². The molecule has 94 valence electrons. The van der Waals surface area contributed by atoms with Crippen molar-refractivity contribution in [1.82, 2.24) is 5.32 Å². The summed E-state index contributed by atoms with van der Waals surface area (Å²) in [5, 5.41) is 14.2. The number of rotatable bonds is 6. The number of aromatic hydroxyl groups is 1. The van der Waals surface area contributed by atoms with Gasteiger partial charge >= 0.3 is 6.03 Å². The number of carbonyl (C=O) groups excluding carboxylic acids is 1. The summed E-state index contributed by atoms with van der Waals surface area (Å²) in [7, 11) is 1.58. The van der Waals surface area contributed by atoms with Gasteiger partial charge in [0.1, 0.15) is 12.5 Å². The Morgan fingerprint density at radius 2 is 2.00 bits per heavy atom. The molecule has 17 heavy (non-hydrogen) atoms. The van der Waals surface area contributed by atoms with Crippen LogP contribution in [0.4, 0.5) is 10.5 Å². The molecule has 1 aromatic rings. The molecule has 6 nitrogen and oxygen atoms in total. The molecule has 0 atom stereocenters. The molecule has 0 heterocycles. The molecule has 3 N–H and O–H groups in total. The lowest BCUT2D eigenvalue weighted by Crippen LogP contribution is -2.31. The van der Waals surface area contributed by atoms with Crippen LogP contribution in [0.25, 0.3) is 0 Å². The summed E-state index contributed by atoms with van der Waals surface area (Å²) in [4.78, 5) is 11.3. The molecule has 0 saturated carbocycles.